The lowest BCUT2D eigenvalue weighted by Gasteiger charge is -2.32. The van der Waals surface area contributed by atoms with Crippen molar-refractivity contribution in [3.63, 3.8) is 0 Å². The highest BCUT2D eigenvalue weighted by Gasteiger charge is 2.38. The smallest absolute Gasteiger partial charge is 0.398 e. The molecule has 0 saturated heterocycles. The Kier molecular flexibility index (Phi) is 5.80. The molecule has 7 heteroatoms. The number of carbonyl (C=O) groups excluding carboxylic acids is 1. The van der Waals surface area contributed by atoms with Gasteiger partial charge in [-0.1, -0.05) is 13.8 Å². The van der Waals surface area contributed by atoms with Gasteiger partial charge in [-0.3, -0.25) is 13.8 Å². The summed E-state index contributed by atoms with van der Waals surface area (Å²) in [6, 6.07) is 0. The third-order valence-corrected chi connectivity index (χ3v) is 4.46. The normalized spacial score (nSPS) is 19.1. The predicted octanol–water partition coefficient (Wildman–Crippen LogP) is 3.00. The highest BCUT2D eigenvalue weighted by atomic mass is 31.2. The number of rotatable bonds is 7. The zero-order chi connectivity index (χ0) is 15.4. The fourth-order valence-electron chi connectivity index (χ4n) is 2.13. The fourth-order valence-corrected chi connectivity index (χ4v) is 3.38. The van der Waals surface area contributed by atoms with E-state index in [1.54, 1.807) is 20.9 Å². The van der Waals surface area contributed by atoms with Crippen molar-refractivity contribution in [2.45, 2.75) is 40.5 Å². The van der Waals surface area contributed by atoms with Gasteiger partial charge in [0.15, 0.2) is 11.5 Å². The lowest BCUT2D eigenvalue weighted by atomic mass is 9.78. The number of Topliss-reactive ketones (excluding diaryl/α,β-unsaturated/α-hetero) is 1. The highest BCUT2D eigenvalue weighted by Crippen LogP contribution is 2.53. The molecule has 0 bridgehead atoms. The van der Waals surface area contributed by atoms with E-state index in [9.17, 15) is 9.36 Å². The average molecular weight is 305 g/mol. The summed E-state index contributed by atoms with van der Waals surface area (Å²) in [6.07, 6.45) is 0.981. The minimum absolute atomic E-state index is 0.0667. The maximum absolute atomic E-state index is 12.4. The molecule has 0 spiro atoms. The van der Waals surface area contributed by atoms with Crippen LogP contribution in [0.4, 0.5) is 0 Å². The summed E-state index contributed by atoms with van der Waals surface area (Å²) in [5, 5.41) is 2.95. The van der Waals surface area contributed by atoms with E-state index in [1.165, 1.54) is 0 Å². The van der Waals surface area contributed by atoms with Crippen LogP contribution in [0.1, 0.15) is 40.5 Å². The number of hydrogen-bond donors (Lipinski definition) is 1. The molecule has 116 valence electrons. The van der Waals surface area contributed by atoms with Crippen molar-refractivity contribution in [2.24, 2.45) is 5.41 Å². The Labute approximate surface area is 120 Å². The van der Waals surface area contributed by atoms with Crippen molar-refractivity contribution < 1.29 is 22.9 Å². The van der Waals surface area contributed by atoms with Gasteiger partial charge in [-0.15, -0.1) is 0 Å². The molecule has 20 heavy (non-hydrogen) atoms. The van der Waals surface area contributed by atoms with Crippen molar-refractivity contribution in [1.29, 1.82) is 0 Å². The summed E-state index contributed by atoms with van der Waals surface area (Å²) in [7, 11) is -2.03. The predicted molar refractivity (Wildman–Crippen MR) is 76.1 cm³/mol. The van der Waals surface area contributed by atoms with E-state index in [0.29, 0.717) is 18.5 Å². The molecule has 0 heterocycles. The first-order chi connectivity index (χ1) is 9.27. The molecule has 1 N–H and O–H groups in total. The summed E-state index contributed by atoms with van der Waals surface area (Å²) in [5.74, 6) is -0.123. The first kappa shape index (κ1) is 17.2. The van der Waals surface area contributed by atoms with Gasteiger partial charge in [0.25, 0.3) is 0 Å². The molecule has 0 amide bonds. The number of hydrogen-bond acceptors (Lipinski definition) is 6. The Bertz CT molecular complexity index is 434. The third kappa shape index (κ3) is 4.33. The van der Waals surface area contributed by atoms with Crippen LogP contribution in [0, 0.1) is 5.41 Å². The van der Waals surface area contributed by atoms with Crippen molar-refractivity contribution in [3.8, 4) is 0 Å². The van der Waals surface area contributed by atoms with E-state index in [4.69, 9.17) is 13.6 Å². The second-order valence-electron chi connectivity index (χ2n) is 5.37. The second kappa shape index (κ2) is 6.74. The van der Waals surface area contributed by atoms with Crippen LogP contribution >= 0.6 is 7.82 Å². The van der Waals surface area contributed by atoms with Gasteiger partial charge in [0, 0.05) is 13.5 Å². The minimum Gasteiger partial charge on any atom is -0.398 e. The van der Waals surface area contributed by atoms with E-state index in [-0.39, 0.29) is 30.2 Å². The van der Waals surface area contributed by atoms with Crippen molar-refractivity contribution >= 4 is 13.6 Å². The van der Waals surface area contributed by atoms with Crippen molar-refractivity contribution in [3.05, 3.63) is 11.5 Å². The summed E-state index contributed by atoms with van der Waals surface area (Å²) >= 11 is 0. The van der Waals surface area contributed by atoms with Crippen LogP contribution in [0.15, 0.2) is 11.5 Å². The maximum atomic E-state index is 12.4. The van der Waals surface area contributed by atoms with Crippen molar-refractivity contribution in [1.82, 2.24) is 5.32 Å². The number of ketones is 1. The summed E-state index contributed by atoms with van der Waals surface area (Å²) in [4.78, 5) is 12.2. The SMILES string of the molecule is CCOP(=O)(OCC)OC1=C(NC)CC(C)(C)CC1=O. The molecule has 0 aromatic rings. The number of carbonyl (C=O) groups is 1. The van der Waals surface area contributed by atoms with Crippen LogP contribution in [0.5, 0.6) is 0 Å². The van der Waals surface area contributed by atoms with Gasteiger partial charge >= 0.3 is 7.82 Å². The first-order valence-electron chi connectivity index (χ1n) is 6.79. The Morgan fingerprint density at radius 1 is 1.20 bits per heavy atom. The second-order valence-corrected chi connectivity index (χ2v) is 6.97. The molecule has 0 aromatic heterocycles. The van der Waals surface area contributed by atoms with Gasteiger partial charge in [-0.2, -0.15) is 0 Å². The van der Waals surface area contributed by atoms with E-state index in [2.05, 4.69) is 5.32 Å². The molecule has 0 unspecified atom stereocenters. The van der Waals surface area contributed by atoms with Crippen LogP contribution in [0.3, 0.4) is 0 Å². The molecule has 1 aliphatic rings. The Morgan fingerprint density at radius 2 is 1.75 bits per heavy atom. The molecule has 0 radical (unpaired) electrons. The number of allylic oxidation sites excluding steroid dienone is 2. The molecule has 1 aliphatic carbocycles. The Balaban J connectivity index is 3.05. The van der Waals surface area contributed by atoms with Crippen LogP contribution in [0.2, 0.25) is 0 Å². The standard InChI is InChI=1S/C13H24NO5P/c1-6-17-20(16,18-7-2)19-12-10(14-5)8-13(3,4)9-11(12)15/h14H,6-9H2,1-5H3. The van der Waals surface area contributed by atoms with Gasteiger partial charge in [0.1, 0.15) is 0 Å². The average Bonchev–Trinajstić information content (AvgIpc) is 2.32. The molecule has 1 rings (SSSR count). The van der Waals surface area contributed by atoms with E-state index < -0.39 is 7.82 Å². The lowest BCUT2D eigenvalue weighted by Crippen LogP contribution is -2.31. The summed E-state index contributed by atoms with van der Waals surface area (Å²) < 4.78 is 27.8. The van der Waals surface area contributed by atoms with Gasteiger partial charge in [-0.05, 0) is 25.7 Å². The van der Waals surface area contributed by atoms with Crippen LogP contribution < -0.4 is 5.32 Å². The number of phosphoric acid groups is 1. The van der Waals surface area contributed by atoms with E-state index >= 15 is 0 Å². The topological polar surface area (TPSA) is 73.9 Å². The molecule has 0 fully saturated rings. The molecule has 0 atom stereocenters. The Hall–Kier alpha value is -0.840. The molecule has 0 aliphatic heterocycles. The highest BCUT2D eigenvalue weighted by molar-refractivity contribution is 7.48. The zero-order valence-corrected chi connectivity index (χ0v) is 13.7. The van der Waals surface area contributed by atoms with Gasteiger partial charge in [0.05, 0.1) is 18.9 Å². The fraction of sp³-hybridized carbons (Fsp3) is 0.769. The van der Waals surface area contributed by atoms with Crippen LogP contribution in [-0.4, -0.2) is 26.0 Å². The number of phosphoric ester groups is 1. The van der Waals surface area contributed by atoms with E-state index in [1.807, 2.05) is 13.8 Å². The monoisotopic (exact) mass is 305 g/mol. The lowest BCUT2D eigenvalue weighted by molar-refractivity contribution is -0.120. The largest absolute Gasteiger partial charge is 0.530 e. The minimum atomic E-state index is -3.74. The third-order valence-electron chi connectivity index (χ3n) is 2.90. The zero-order valence-electron chi connectivity index (χ0n) is 12.8. The number of nitrogens with one attached hydrogen (secondary N) is 1. The van der Waals surface area contributed by atoms with Gasteiger partial charge in [0.2, 0.25) is 0 Å². The molecular formula is C13H24NO5P. The van der Waals surface area contributed by atoms with Crippen LogP contribution in [-0.2, 0) is 22.9 Å². The van der Waals surface area contributed by atoms with E-state index in [0.717, 1.165) is 0 Å². The van der Waals surface area contributed by atoms with Gasteiger partial charge < -0.3 is 9.84 Å². The molecule has 0 saturated carbocycles. The summed E-state index contributed by atoms with van der Waals surface area (Å²) in [5.41, 5.74) is 0.481. The Morgan fingerprint density at radius 3 is 2.20 bits per heavy atom. The maximum Gasteiger partial charge on any atom is 0.530 e. The van der Waals surface area contributed by atoms with Crippen LogP contribution in [0.25, 0.3) is 0 Å². The summed E-state index contributed by atoms with van der Waals surface area (Å²) in [6.45, 7) is 7.74. The molecular weight excluding hydrogens is 281 g/mol. The quantitative estimate of drug-likeness (QED) is 0.729. The molecule has 6 nitrogen and oxygen atoms in total. The van der Waals surface area contributed by atoms with Gasteiger partial charge in [-0.25, -0.2) is 4.57 Å². The molecule has 0 aromatic carbocycles. The van der Waals surface area contributed by atoms with Crippen molar-refractivity contribution in [2.75, 3.05) is 20.3 Å². The first-order valence-corrected chi connectivity index (χ1v) is 8.25.